The summed E-state index contributed by atoms with van der Waals surface area (Å²) in [4.78, 5) is 19.5. The van der Waals surface area contributed by atoms with Crippen molar-refractivity contribution >= 4 is 40.8 Å². The second kappa shape index (κ2) is 7.92. The van der Waals surface area contributed by atoms with Crippen molar-refractivity contribution < 1.29 is 23.0 Å². The van der Waals surface area contributed by atoms with E-state index in [1.165, 1.54) is 32.5 Å². The van der Waals surface area contributed by atoms with Crippen molar-refractivity contribution in [3.05, 3.63) is 48.3 Å². The lowest BCUT2D eigenvalue weighted by atomic mass is 10.2. The topological polar surface area (TPSA) is 73.3 Å². The molecule has 0 amide bonds. The van der Waals surface area contributed by atoms with Crippen molar-refractivity contribution in [1.29, 1.82) is 0 Å². The lowest BCUT2D eigenvalue weighted by Gasteiger charge is -2.12. The minimum Gasteiger partial charge on any atom is -0.493 e. The smallest absolute Gasteiger partial charge is 0.308 e. The van der Waals surface area contributed by atoms with Gasteiger partial charge in [0.05, 0.1) is 18.3 Å². The average Bonchev–Trinajstić information content (AvgIpc) is 2.56. The lowest BCUT2D eigenvalue weighted by Crippen LogP contribution is -2.04. The van der Waals surface area contributed by atoms with Gasteiger partial charge in [-0.2, -0.15) is 0 Å². The van der Waals surface area contributed by atoms with Gasteiger partial charge in [-0.25, -0.2) is 18.7 Å². The Hall–Kier alpha value is -3.00. The number of ether oxygens (including phenoxy) is 2. The molecule has 0 radical (unpaired) electrons. The fourth-order valence-electron chi connectivity index (χ4n) is 2.28. The average molecular weight is 382 g/mol. The fraction of sp³-hybridized carbons (Fsp3) is 0.118. The van der Waals surface area contributed by atoms with Crippen LogP contribution in [0.2, 0.25) is 0 Å². The molecule has 0 aliphatic heterocycles. The van der Waals surface area contributed by atoms with Crippen LogP contribution in [-0.2, 0) is 4.79 Å². The molecule has 1 N–H and O–H groups in total. The summed E-state index contributed by atoms with van der Waals surface area (Å²) in [5, 5.41) is 3.26. The molecule has 0 unspecified atom stereocenters. The van der Waals surface area contributed by atoms with E-state index in [-0.39, 0.29) is 29.7 Å². The number of halogens is 3. The molecule has 0 fully saturated rings. The van der Waals surface area contributed by atoms with Crippen LogP contribution in [0.15, 0.2) is 36.7 Å². The van der Waals surface area contributed by atoms with E-state index in [2.05, 4.69) is 15.3 Å². The first kappa shape index (κ1) is 19.3. The van der Waals surface area contributed by atoms with Gasteiger partial charge in [0.1, 0.15) is 23.8 Å². The van der Waals surface area contributed by atoms with Gasteiger partial charge < -0.3 is 14.8 Å². The first-order valence-electron chi connectivity index (χ1n) is 7.21. The molecular weight excluding hydrogens is 368 g/mol. The molecule has 6 nitrogen and oxygen atoms in total. The molecular formula is C17H14ClF2N3O3. The van der Waals surface area contributed by atoms with Crippen molar-refractivity contribution in [3.63, 3.8) is 0 Å². The number of benzene rings is 2. The van der Waals surface area contributed by atoms with E-state index in [4.69, 9.17) is 9.47 Å². The zero-order valence-corrected chi connectivity index (χ0v) is 14.6. The third kappa shape index (κ3) is 3.97. The number of rotatable bonds is 4. The van der Waals surface area contributed by atoms with Gasteiger partial charge in [-0.15, -0.1) is 12.4 Å². The molecule has 3 aromatic rings. The summed E-state index contributed by atoms with van der Waals surface area (Å²) in [7, 11) is 1.43. The number of aromatic nitrogens is 2. The Morgan fingerprint density at radius 2 is 1.88 bits per heavy atom. The quantitative estimate of drug-likeness (QED) is 0.544. The number of hydrogen-bond donors (Lipinski definition) is 1. The number of nitrogens with zero attached hydrogens (tertiary/aromatic N) is 2. The van der Waals surface area contributed by atoms with Gasteiger partial charge in [0.2, 0.25) is 0 Å². The monoisotopic (exact) mass is 381 g/mol. The summed E-state index contributed by atoms with van der Waals surface area (Å²) in [6.45, 7) is 1.26. The Bertz CT molecular complexity index is 969. The van der Waals surface area contributed by atoms with E-state index in [9.17, 15) is 13.6 Å². The van der Waals surface area contributed by atoms with E-state index in [0.717, 1.165) is 12.1 Å². The molecule has 2 aromatic carbocycles. The molecule has 0 bridgehead atoms. The van der Waals surface area contributed by atoms with E-state index in [1.54, 1.807) is 6.07 Å². The Balaban J connectivity index is 0.00000243. The molecule has 0 atom stereocenters. The molecule has 26 heavy (non-hydrogen) atoms. The lowest BCUT2D eigenvalue weighted by molar-refractivity contribution is -0.132. The van der Waals surface area contributed by atoms with Crippen LogP contribution in [0, 0.1) is 11.6 Å². The number of fused-ring (bicyclic) bond motifs is 1. The number of esters is 1. The van der Waals surface area contributed by atoms with Crippen molar-refractivity contribution in [2.45, 2.75) is 6.92 Å². The van der Waals surface area contributed by atoms with Crippen LogP contribution in [0.1, 0.15) is 6.92 Å². The van der Waals surface area contributed by atoms with E-state index in [1.807, 2.05) is 0 Å². The minimum absolute atomic E-state index is 0. The number of nitrogens with one attached hydrogen (secondary N) is 1. The van der Waals surface area contributed by atoms with Gasteiger partial charge in [0.25, 0.3) is 0 Å². The molecule has 3 rings (SSSR count). The number of anilines is 2. The summed E-state index contributed by atoms with van der Waals surface area (Å²) >= 11 is 0. The normalized spacial score (nSPS) is 10.2. The van der Waals surface area contributed by atoms with Gasteiger partial charge in [-0.3, -0.25) is 4.79 Å². The van der Waals surface area contributed by atoms with Crippen LogP contribution >= 0.6 is 12.4 Å². The molecule has 1 heterocycles. The summed E-state index contributed by atoms with van der Waals surface area (Å²) in [5.41, 5.74) is 0.541. The highest BCUT2D eigenvalue weighted by molar-refractivity contribution is 5.93. The molecule has 0 saturated heterocycles. The second-order valence-electron chi connectivity index (χ2n) is 5.09. The Morgan fingerprint density at radius 1 is 1.12 bits per heavy atom. The number of carbonyl (C=O) groups is 1. The van der Waals surface area contributed by atoms with Crippen LogP contribution < -0.4 is 14.8 Å². The number of methoxy groups -OCH3 is 1. The summed E-state index contributed by atoms with van der Waals surface area (Å²) < 4.78 is 37.2. The van der Waals surface area contributed by atoms with Crippen molar-refractivity contribution in [1.82, 2.24) is 9.97 Å². The number of carbonyl (C=O) groups excluding carboxylic acids is 1. The SMILES string of the molecule is COc1cc2ncnc(Nc3ccc(F)cc3F)c2cc1OC(C)=O.Cl. The second-order valence-corrected chi connectivity index (χ2v) is 5.09. The van der Waals surface area contributed by atoms with Gasteiger partial charge in [-0.05, 0) is 18.2 Å². The van der Waals surface area contributed by atoms with Crippen LogP contribution in [0.3, 0.4) is 0 Å². The first-order chi connectivity index (χ1) is 12.0. The molecule has 1 aromatic heterocycles. The summed E-state index contributed by atoms with van der Waals surface area (Å²) in [6.07, 6.45) is 1.29. The predicted octanol–water partition coefficient (Wildman–Crippen LogP) is 4.01. The largest absolute Gasteiger partial charge is 0.493 e. The van der Waals surface area contributed by atoms with Crippen molar-refractivity contribution in [2.75, 3.05) is 12.4 Å². The van der Waals surface area contributed by atoms with Crippen LogP contribution in [0.25, 0.3) is 10.9 Å². The van der Waals surface area contributed by atoms with E-state index < -0.39 is 17.6 Å². The maximum Gasteiger partial charge on any atom is 0.308 e. The van der Waals surface area contributed by atoms with Gasteiger partial charge >= 0.3 is 5.97 Å². The summed E-state index contributed by atoms with van der Waals surface area (Å²) in [5.74, 6) is -1.20. The molecule has 0 saturated carbocycles. The molecule has 136 valence electrons. The van der Waals surface area contributed by atoms with Crippen LogP contribution in [0.5, 0.6) is 11.5 Å². The van der Waals surface area contributed by atoms with Gasteiger partial charge in [-0.1, -0.05) is 0 Å². The third-order valence-corrected chi connectivity index (χ3v) is 3.36. The van der Waals surface area contributed by atoms with E-state index in [0.29, 0.717) is 16.7 Å². The summed E-state index contributed by atoms with van der Waals surface area (Å²) in [6, 6.07) is 6.23. The zero-order valence-electron chi connectivity index (χ0n) is 13.7. The van der Waals surface area contributed by atoms with Crippen molar-refractivity contribution in [3.8, 4) is 11.5 Å². The molecule has 0 aliphatic carbocycles. The highest BCUT2D eigenvalue weighted by Gasteiger charge is 2.14. The van der Waals surface area contributed by atoms with Crippen LogP contribution in [0.4, 0.5) is 20.3 Å². The molecule has 9 heteroatoms. The Labute approximate surface area is 153 Å². The predicted molar refractivity (Wildman–Crippen MR) is 94.3 cm³/mol. The Kier molecular flexibility index (Phi) is 5.89. The highest BCUT2D eigenvalue weighted by atomic mass is 35.5. The fourth-order valence-corrected chi connectivity index (χ4v) is 2.28. The maximum atomic E-state index is 13.9. The minimum atomic E-state index is -0.763. The molecule has 0 aliphatic rings. The van der Waals surface area contributed by atoms with Gasteiger partial charge in [0.15, 0.2) is 11.5 Å². The first-order valence-corrected chi connectivity index (χ1v) is 7.21. The zero-order chi connectivity index (χ0) is 18.0. The third-order valence-electron chi connectivity index (χ3n) is 3.36. The van der Waals surface area contributed by atoms with E-state index >= 15 is 0 Å². The standard InChI is InChI=1S/C17H13F2N3O3.ClH/c1-9(23)25-16-6-11-14(7-15(16)24-2)20-8-21-17(11)22-13-4-3-10(18)5-12(13)19;/h3-8H,1-2H3,(H,20,21,22);1H. The highest BCUT2D eigenvalue weighted by Crippen LogP contribution is 2.35. The van der Waals surface area contributed by atoms with Gasteiger partial charge in [0, 0.05) is 24.4 Å². The maximum absolute atomic E-state index is 13.9. The van der Waals surface area contributed by atoms with Crippen LogP contribution in [-0.4, -0.2) is 23.0 Å². The number of hydrogen-bond acceptors (Lipinski definition) is 6. The molecule has 0 spiro atoms. The van der Waals surface area contributed by atoms with Crippen molar-refractivity contribution in [2.24, 2.45) is 0 Å². The Morgan fingerprint density at radius 3 is 2.54 bits per heavy atom.